The molecule has 7 nitrogen and oxygen atoms in total. The second kappa shape index (κ2) is 7.93. The van der Waals surface area contributed by atoms with Crippen LogP contribution in [0.2, 0.25) is 5.02 Å². The smallest absolute Gasteiger partial charge is 0.244 e. The molecule has 1 aliphatic rings. The molecule has 5 rings (SSSR count). The topological polar surface area (TPSA) is 80.1 Å². The van der Waals surface area contributed by atoms with Gasteiger partial charge in [0.05, 0.1) is 30.9 Å². The minimum atomic E-state index is -0.0588. The van der Waals surface area contributed by atoms with Crippen molar-refractivity contribution in [1.29, 1.82) is 0 Å². The number of ether oxygens (including phenoxy) is 1. The molecule has 0 unspecified atom stereocenters. The zero-order valence-electron chi connectivity index (χ0n) is 16.4. The number of aromatic nitrogens is 4. The Labute approximate surface area is 178 Å². The van der Waals surface area contributed by atoms with Crippen molar-refractivity contribution < 1.29 is 9.26 Å². The van der Waals surface area contributed by atoms with Crippen molar-refractivity contribution in [2.45, 2.75) is 25.6 Å². The molecule has 0 bridgehead atoms. The number of hydrogen-bond acceptors (Lipinski definition) is 6. The fraction of sp³-hybridized carbons (Fsp3) is 0.227. The molecule has 0 spiro atoms. The summed E-state index contributed by atoms with van der Waals surface area (Å²) in [4.78, 5) is 14.7. The molecule has 0 aliphatic carbocycles. The summed E-state index contributed by atoms with van der Waals surface area (Å²) in [6, 6.07) is 15.5. The van der Waals surface area contributed by atoms with Gasteiger partial charge in [-0.2, -0.15) is 4.98 Å². The molecule has 2 aromatic heterocycles. The van der Waals surface area contributed by atoms with Crippen molar-refractivity contribution >= 4 is 11.6 Å². The van der Waals surface area contributed by atoms with Gasteiger partial charge in [-0.1, -0.05) is 28.9 Å². The van der Waals surface area contributed by atoms with Crippen LogP contribution >= 0.6 is 11.6 Å². The summed E-state index contributed by atoms with van der Waals surface area (Å²) in [7, 11) is 1.67. The van der Waals surface area contributed by atoms with E-state index < -0.39 is 0 Å². The zero-order valence-corrected chi connectivity index (χ0v) is 17.1. The highest BCUT2D eigenvalue weighted by molar-refractivity contribution is 6.30. The molecule has 152 valence electrons. The van der Waals surface area contributed by atoms with Crippen LogP contribution in [0, 0.1) is 0 Å². The van der Waals surface area contributed by atoms with Gasteiger partial charge in [0.2, 0.25) is 11.7 Å². The van der Waals surface area contributed by atoms with E-state index in [1.165, 1.54) is 5.56 Å². The molecular formula is C22H20ClN5O2. The first kappa shape index (κ1) is 18.8. The third-order valence-corrected chi connectivity index (χ3v) is 5.62. The van der Waals surface area contributed by atoms with Crippen molar-refractivity contribution in [3.8, 4) is 17.1 Å². The number of nitrogens with zero attached hydrogens (tertiary/aromatic N) is 4. The predicted molar refractivity (Wildman–Crippen MR) is 112 cm³/mol. The number of hydrogen-bond donors (Lipinski definition) is 1. The molecule has 4 aromatic rings. The molecule has 30 heavy (non-hydrogen) atoms. The average Bonchev–Trinajstić information content (AvgIpc) is 3.43. The highest BCUT2D eigenvalue weighted by atomic mass is 35.5. The third-order valence-electron chi connectivity index (χ3n) is 5.37. The summed E-state index contributed by atoms with van der Waals surface area (Å²) in [5, 5.41) is 4.87. The summed E-state index contributed by atoms with van der Waals surface area (Å²) in [6.07, 6.45) is 2.45. The van der Waals surface area contributed by atoms with E-state index in [0.29, 0.717) is 23.2 Å². The van der Waals surface area contributed by atoms with Gasteiger partial charge in [0.15, 0.2) is 0 Å². The maximum Gasteiger partial charge on any atom is 0.244 e. The highest BCUT2D eigenvalue weighted by Gasteiger charge is 2.33. The van der Waals surface area contributed by atoms with Crippen LogP contribution in [0.1, 0.15) is 28.9 Å². The standard InChI is InChI=1S/C22H20ClN5O2/c1-29-17-8-2-14(3-9-17)11-28-12-19-18(24-13-25-19)10-20(28)22-26-21(27-30-22)15-4-6-16(23)7-5-15/h2-9,13,20H,10-12H2,1H3,(H,24,25)/t20-/m0/s1. The van der Waals surface area contributed by atoms with Gasteiger partial charge in [-0.05, 0) is 42.0 Å². The van der Waals surface area contributed by atoms with E-state index in [1.54, 1.807) is 13.4 Å². The number of methoxy groups -OCH3 is 1. The first-order valence-corrected chi connectivity index (χ1v) is 10.0. The molecule has 0 saturated carbocycles. The first-order valence-electron chi connectivity index (χ1n) is 9.67. The van der Waals surface area contributed by atoms with E-state index in [4.69, 9.17) is 20.9 Å². The Morgan fingerprint density at radius 2 is 1.97 bits per heavy atom. The van der Waals surface area contributed by atoms with Crippen LogP contribution in [-0.4, -0.2) is 32.1 Å². The quantitative estimate of drug-likeness (QED) is 0.513. The molecule has 0 saturated heterocycles. The van der Waals surface area contributed by atoms with Crippen LogP contribution in [-0.2, 0) is 19.5 Å². The number of halogens is 1. The SMILES string of the molecule is COc1ccc(CN2Cc3[nH]cnc3C[C@H]2c2nc(-c3ccc(Cl)cc3)no2)cc1. The molecule has 1 aliphatic heterocycles. The van der Waals surface area contributed by atoms with Crippen molar-refractivity contribution in [2.24, 2.45) is 0 Å². The van der Waals surface area contributed by atoms with Gasteiger partial charge < -0.3 is 14.2 Å². The molecule has 3 heterocycles. The van der Waals surface area contributed by atoms with E-state index in [2.05, 4.69) is 37.1 Å². The second-order valence-electron chi connectivity index (χ2n) is 7.26. The lowest BCUT2D eigenvalue weighted by Gasteiger charge is -2.32. The van der Waals surface area contributed by atoms with Crippen LogP contribution in [0.3, 0.4) is 0 Å². The summed E-state index contributed by atoms with van der Waals surface area (Å²) in [5.41, 5.74) is 4.21. The Morgan fingerprint density at radius 1 is 1.17 bits per heavy atom. The van der Waals surface area contributed by atoms with E-state index >= 15 is 0 Å². The lowest BCUT2D eigenvalue weighted by atomic mass is 10.0. The van der Waals surface area contributed by atoms with Crippen molar-refractivity contribution in [1.82, 2.24) is 25.0 Å². The largest absolute Gasteiger partial charge is 0.497 e. The predicted octanol–water partition coefficient (Wildman–Crippen LogP) is 4.42. The molecule has 8 heteroatoms. The number of benzene rings is 2. The number of imidazole rings is 1. The number of aromatic amines is 1. The summed E-state index contributed by atoms with van der Waals surface area (Å²) >= 11 is 5.99. The molecule has 2 aromatic carbocycles. The minimum absolute atomic E-state index is 0.0588. The van der Waals surface area contributed by atoms with Crippen molar-refractivity contribution in [2.75, 3.05) is 7.11 Å². The fourth-order valence-electron chi connectivity index (χ4n) is 3.75. The number of fused-ring (bicyclic) bond motifs is 1. The third kappa shape index (κ3) is 3.69. The van der Waals surface area contributed by atoms with Gasteiger partial charge in [-0.15, -0.1) is 0 Å². The molecular weight excluding hydrogens is 402 g/mol. The lowest BCUT2D eigenvalue weighted by Crippen LogP contribution is -2.34. The Hall–Kier alpha value is -3.16. The maximum atomic E-state index is 5.99. The lowest BCUT2D eigenvalue weighted by molar-refractivity contribution is 0.128. The summed E-state index contributed by atoms with van der Waals surface area (Å²) in [5.74, 6) is 1.98. The summed E-state index contributed by atoms with van der Waals surface area (Å²) in [6.45, 7) is 1.47. The van der Waals surface area contributed by atoms with Gasteiger partial charge in [0.25, 0.3) is 0 Å². The van der Waals surface area contributed by atoms with Gasteiger partial charge in [-0.3, -0.25) is 4.90 Å². The van der Waals surface area contributed by atoms with E-state index in [1.807, 2.05) is 36.4 Å². The number of H-pyrrole nitrogens is 1. The van der Waals surface area contributed by atoms with Crippen LogP contribution in [0.4, 0.5) is 0 Å². The summed E-state index contributed by atoms with van der Waals surface area (Å²) < 4.78 is 11.0. The monoisotopic (exact) mass is 421 g/mol. The molecule has 1 N–H and O–H groups in total. The molecule has 0 fully saturated rings. The molecule has 0 radical (unpaired) electrons. The normalized spacial score (nSPS) is 16.4. The van der Waals surface area contributed by atoms with Gasteiger partial charge >= 0.3 is 0 Å². The van der Waals surface area contributed by atoms with Crippen LogP contribution in [0.5, 0.6) is 5.75 Å². The van der Waals surface area contributed by atoms with Crippen LogP contribution in [0.15, 0.2) is 59.4 Å². The van der Waals surface area contributed by atoms with Gasteiger partial charge in [-0.25, -0.2) is 4.98 Å². The molecule has 0 amide bonds. The van der Waals surface area contributed by atoms with Gasteiger partial charge in [0.1, 0.15) is 5.75 Å². The Balaban J connectivity index is 1.44. The van der Waals surface area contributed by atoms with E-state index in [-0.39, 0.29) is 6.04 Å². The fourth-order valence-corrected chi connectivity index (χ4v) is 3.88. The number of nitrogens with one attached hydrogen (secondary N) is 1. The maximum absolute atomic E-state index is 5.99. The van der Waals surface area contributed by atoms with Crippen LogP contribution < -0.4 is 4.74 Å². The van der Waals surface area contributed by atoms with E-state index in [9.17, 15) is 0 Å². The zero-order chi connectivity index (χ0) is 20.5. The first-order chi connectivity index (χ1) is 14.7. The number of rotatable bonds is 5. The minimum Gasteiger partial charge on any atom is -0.497 e. The van der Waals surface area contributed by atoms with Crippen LogP contribution in [0.25, 0.3) is 11.4 Å². The van der Waals surface area contributed by atoms with Crippen molar-refractivity contribution in [3.63, 3.8) is 0 Å². The van der Waals surface area contributed by atoms with E-state index in [0.717, 1.165) is 35.8 Å². The van der Waals surface area contributed by atoms with Gasteiger partial charge in [0, 0.05) is 30.1 Å². The Kier molecular flexibility index (Phi) is 4.98. The molecule has 1 atom stereocenters. The highest BCUT2D eigenvalue weighted by Crippen LogP contribution is 2.33. The Morgan fingerprint density at radius 3 is 2.73 bits per heavy atom. The van der Waals surface area contributed by atoms with Crippen molar-refractivity contribution in [3.05, 3.63) is 82.7 Å². The average molecular weight is 422 g/mol. The Bertz CT molecular complexity index is 1140. The second-order valence-corrected chi connectivity index (χ2v) is 7.70.